The molecule has 5 rings (SSSR count). The molecule has 0 amide bonds. The number of nitrogens with one attached hydrogen (secondary N) is 2. The third-order valence-electron chi connectivity index (χ3n) is 8.34. The molecular weight excluding hydrogens is 528 g/mol. The second-order valence-electron chi connectivity index (χ2n) is 11.5. The number of fused-ring (bicyclic) bond motifs is 1. The van der Waals surface area contributed by atoms with Gasteiger partial charge in [-0.25, -0.2) is 9.97 Å². The summed E-state index contributed by atoms with van der Waals surface area (Å²) in [6.07, 6.45) is 4.50. The number of anilines is 1. The van der Waals surface area contributed by atoms with Gasteiger partial charge in [0.05, 0.1) is 17.5 Å². The summed E-state index contributed by atoms with van der Waals surface area (Å²) in [5.74, 6) is 2.43. The fraction of sp³-hybridized carbons (Fsp3) is 0.455. The second kappa shape index (κ2) is 14.1. The SMILES string of the molecule is CNc1ncnc2c1ccn2[C@@H]1C[C@H](CN(CCCNCCc2cccc(Oc3ccccc3)c2)C(C)C)[C@@H](O)[C@H]1O. The highest BCUT2D eigenvalue weighted by Crippen LogP contribution is 2.38. The zero-order valence-electron chi connectivity index (χ0n) is 24.9. The minimum absolute atomic E-state index is 0.0196. The van der Waals surface area contributed by atoms with Gasteiger partial charge < -0.3 is 35.1 Å². The lowest BCUT2D eigenvalue weighted by Gasteiger charge is -2.30. The molecule has 9 nitrogen and oxygen atoms in total. The Hall–Kier alpha value is -3.50. The highest BCUT2D eigenvalue weighted by molar-refractivity contribution is 5.87. The van der Waals surface area contributed by atoms with Crippen LogP contribution < -0.4 is 15.4 Å². The van der Waals surface area contributed by atoms with Crippen LogP contribution in [0.4, 0.5) is 5.82 Å². The molecule has 224 valence electrons. The van der Waals surface area contributed by atoms with Crippen molar-refractivity contribution >= 4 is 16.9 Å². The Labute approximate surface area is 248 Å². The summed E-state index contributed by atoms with van der Waals surface area (Å²) in [5, 5.41) is 29.6. The summed E-state index contributed by atoms with van der Waals surface area (Å²) in [6, 6.07) is 20.2. The fourth-order valence-corrected chi connectivity index (χ4v) is 6.01. The van der Waals surface area contributed by atoms with Crippen LogP contribution in [0, 0.1) is 5.92 Å². The molecule has 9 heteroatoms. The van der Waals surface area contributed by atoms with E-state index < -0.39 is 12.2 Å². The Kier molecular flexibility index (Phi) is 10.1. The van der Waals surface area contributed by atoms with Crippen LogP contribution in [-0.4, -0.2) is 81.1 Å². The van der Waals surface area contributed by atoms with Crippen molar-refractivity contribution < 1.29 is 14.9 Å². The number of ether oxygens (including phenoxy) is 1. The van der Waals surface area contributed by atoms with Gasteiger partial charge in [-0.05, 0) is 88.6 Å². The summed E-state index contributed by atoms with van der Waals surface area (Å²) in [6.45, 7) is 7.89. The van der Waals surface area contributed by atoms with Gasteiger partial charge in [0.1, 0.15) is 35.4 Å². The van der Waals surface area contributed by atoms with E-state index in [0.29, 0.717) is 12.5 Å². The number of aliphatic hydroxyl groups excluding tert-OH is 2. The number of rotatable bonds is 14. The Balaban J connectivity index is 1.08. The molecule has 4 atom stereocenters. The van der Waals surface area contributed by atoms with Crippen LogP contribution in [0.5, 0.6) is 11.5 Å². The van der Waals surface area contributed by atoms with Gasteiger partial charge in [-0.2, -0.15) is 0 Å². The van der Waals surface area contributed by atoms with Crippen molar-refractivity contribution in [3.05, 3.63) is 78.8 Å². The van der Waals surface area contributed by atoms with Crippen LogP contribution in [0.15, 0.2) is 73.2 Å². The number of hydrogen-bond acceptors (Lipinski definition) is 8. The first-order valence-electron chi connectivity index (χ1n) is 15.1. The van der Waals surface area contributed by atoms with Gasteiger partial charge in [0.15, 0.2) is 0 Å². The quantitative estimate of drug-likeness (QED) is 0.164. The van der Waals surface area contributed by atoms with Gasteiger partial charge in [-0.15, -0.1) is 0 Å². The first kappa shape index (κ1) is 30.0. The van der Waals surface area contributed by atoms with Crippen LogP contribution in [-0.2, 0) is 6.42 Å². The predicted molar refractivity (Wildman–Crippen MR) is 167 cm³/mol. The molecule has 0 aliphatic heterocycles. The fourth-order valence-electron chi connectivity index (χ4n) is 6.01. The van der Waals surface area contributed by atoms with Crippen molar-refractivity contribution in [3.63, 3.8) is 0 Å². The van der Waals surface area contributed by atoms with E-state index in [1.54, 1.807) is 0 Å². The number of para-hydroxylation sites is 1. The molecule has 42 heavy (non-hydrogen) atoms. The normalized spacial score (nSPS) is 20.5. The Morgan fingerprint density at radius 2 is 1.81 bits per heavy atom. The lowest BCUT2D eigenvalue weighted by Crippen LogP contribution is -2.40. The highest BCUT2D eigenvalue weighted by Gasteiger charge is 2.43. The van der Waals surface area contributed by atoms with Crippen LogP contribution in [0.1, 0.15) is 38.3 Å². The number of aliphatic hydroxyl groups is 2. The van der Waals surface area contributed by atoms with Gasteiger partial charge in [0.25, 0.3) is 0 Å². The molecule has 0 bridgehead atoms. The topological polar surface area (TPSA) is 108 Å². The van der Waals surface area contributed by atoms with Crippen LogP contribution >= 0.6 is 0 Å². The summed E-state index contributed by atoms with van der Waals surface area (Å²) in [4.78, 5) is 11.2. The van der Waals surface area contributed by atoms with Gasteiger partial charge in [0, 0.05) is 31.7 Å². The van der Waals surface area contributed by atoms with Crippen molar-refractivity contribution in [2.75, 3.05) is 38.5 Å². The summed E-state index contributed by atoms with van der Waals surface area (Å²) in [7, 11) is 1.83. The van der Waals surface area contributed by atoms with Gasteiger partial charge in [-0.1, -0.05) is 30.3 Å². The van der Waals surface area contributed by atoms with Gasteiger partial charge in [-0.3, -0.25) is 0 Å². The third-order valence-corrected chi connectivity index (χ3v) is 8.34. The Morgan fingerprint density at radius 1 is 1.00 bits per heavy atom. The van der Waals surface area contributed by atoms with Crippen LogP contribution in [0.2, 0.25) is 0 Å². The summed E-state index contributed by atoms with van der Waals surface area (Å²) in [5.41, 5.74) is 2.01. The minimum Gasteiger partial charge on any atom is -0.457 e. The van der Waals surface area contributed by atoms with E-state index in [0.717, 1.165) is 67.4 Å². The minimum atomic E-state index is -0.842. The van der Waals surface area contributed by atoms with E-state index in [4.69, 9.17) is 4.74 Å². The smallest absolute Gasteiger partial charge is 0.145 e. The molecule has 2 heterocycles. The van der Waals surface area contributed by atoms with Crippen molar-refractivity contribution in [2.24, 2.45) is 5.92 Å². The molecule has 0 radical (unpaired) electrons. The zero-order chi connectivity index (χ0) is 29.5. The zero-order valence-corrected chi connectivity index (χ0v) is 24.9. The molecule has 2 aromatic carbocycles. The molecule has 0 unspecified atom stereocenters. The molecule has 1 aliphatic rings. The number of aromatic nitrogens is 3. The van der Waals surface area contributed by atoms with Crippen LogP contribution in [0.25, 0.3) is 11.0 Å². The third kappa shape index (κ3) is 7.10. The maximum absolute atomic E-state index is 11.0. The van der Waals surface area contributed by atoms with E-state index in [2.05, 4.69) is 51.5 Å². The van der Waals surface area contributed by atoms with Gasteiger partial charge >= 0.3 is 0 Å². The maximum Gasteiger partial charge on any atom is 0.145 e. The molecule has 4 aromatic rings. The molecule has 4 N–H and O–H groups in total. The van der Waals surface area contributed by atoms with Crippen molar-refractivity contribution in [2.45, 2.75) is 57.4 Å². The van der Waals surface area contributed by atoms with E-state index in [1.807, 2.05) is 66.3 Å². The molecule has 1 aliphatic carbocycles. The van der Waals surface area contributed by atoms with Crippen LogP contribution in [0.3, 0.4) is 0 Å². The molecule has 2 aromatic heterocycles. The molecule has 0 spiro atoms. The first-order valence-corrected chi connectivity index (χ1v) is 15.1. The van der Waals surface area contributed by atoms with Crippen molar-refractivity contribution in [3.8, 4) is 11.5 Å². The van der Waals surface area contributed by atoms with Gasteiger partial charge in [0.2, 0.25) is 0 Å². The van der Waals surface area contributed by atoms with E-state index in [9.17, 15) is 10.2 Å². The van der Waals surface area contributed by atoms with E-state index >= 15 is 0 Å². The van der Waals surface area contributed by atoms with E-state index in [1.165, 1.54) is 11.9 Å². The van der Waals surface area contributed by atoms with Crippen molar-refractivity contribution in [1.82, 2.24) is 24.8 Å². The number of benzene rings is 2. The lowest BCUT2D eigenvalue weighted by molar-refractivity contribution is -0.00167. The molecule has 1 fully saturated rings. The average Bonchev–Trinajstić information content (AvgIpc) is 3.55. The largest absolute Gasteiger partial charge is 0.457 e. The lowest BCUT2D eigenvalue weighted by atomic mass is 10.0. The Morgan fingerprint density at radius 3 is 2.60 bits per heavy atom. The Bertz CT molecular complexity index is 1410. The molecule has 0 saturated heterocycles. The molecule has 1 saturated carbocycles. The first-order chi connectivity index (χ1) is 20.4. The number of hydrogen-bond donors (Lipinski definition) is 4. The number of nitrogens with zero attached hydrogens (tertiary/aromatic N) is 4. The summed E-state index contributed by atoms with van der Waals surface area (Å²) < 4.78 is 7.97. The monoisotopic (exact) mass is 572 g/mol. The second-order valence-corrected chi connectivity index (χ2v) is 11.5. The average molecular weight is 573 g/mol. The van der Waals surface area contributed by atoms with Crippen molar-refractivity contribution in [1.29, 1.82) is 0 Å². The summed E-state index contributed by atoms with van der Waals surface area (Å²) >= 11 is 0. The predicted octanol–water partition coefficient (Wildman–Crippen LogP) is 4.48. The highest BCUT2D eigenvalue weighted by atomic mass is 16.5. The maximum atomic E-state index is 11.0. The molecular formula is C33H44N6O3. The standard InChI is InChI=1S/C33H44N6O3/c1-23(2)38(17-8-15-35-16-13-24-9-7-12-27(19-24)42-26-10-5-4-6-11-26)21-25-20-29(31(41)30(25)40)39-18-14-28-32(34-3)36-22-37-33(28)39/h4-7,9-12,14,18-19,22-23,25,29-31,35,40-41H,8,13,15-17,20-21H2,1-3H3,(H,34,36,37)/t25-,29-,30-,31+/m1/s1. The van der Waals surface area contributed by atoms with E-state index in [-0.39, 0.29) is 12.0 Å².